The Bertz CT molecular complexity index is 753. The van der Waals surface area contributed by atoms with Gasteiger partial charge in [-0.3, -0.25) is 9.59 Å². The predicted molar refractivity (Wildman–Crippen MR) is 114 cm³/mol. The van der Waals surface area contributed by atoms with Crippen molar-refractivity contribution in [2.24, 2.45) is 0 Å². The van der Waals surface area contributed by atoms with Gasteiger partial charge in [0, 0.05) is 30.5 Å². The monoisotopic (exact) mass is 450 g/mol. The van der Waals surface area contributed by atoms with Crippen LogP contribution in [0.2, 0.25) is 0 Å². The fourth-order valence-corrected chi connectivity index (χ4v) is 3.38. The summed E-state index contributed by atoms with van der Waals surface area (Å²) in [7, 11) is 1.63. The van der Waals surface area contributed by atoms with Gasteiger partial charge in [0.2, 0.25) is 5.91 Å². The quantitative estimate of drug-likeness (QED) is 0.534. The van der Waals surface area contributed by atoms with Crippen molar-refractivity contribution < 1.29 is 14.3 Å². The lowest BCUT2D eigenvalue weighted by Crippen LogP contribution is -2.27. The van der Waals surface area contributed by atoms with Crippen molar-refractivity contribution in [2.75, 3.05) is 31.3 Å². The van der Waals surface area contributed by atoms with Crippen LogP contribution >= 0.6 is 27.7 Å². The average Bonchev–Trinajstić information content (AvgIpc) is 2.67. The Morgan fingerprint density at radius 3 is 2.59 bits per heavy atom. The second-order valence-electron chi connectivity index (χ2n) is 5.82. The Morgan fingerprint density at radius 1 is 1.11 bits per heavy atom. The zero-order valence-corrected chi connectivity index (χ0v) is 17.6. The molecule has 0 fully saturated rings. The highest BCUT2D eigenvalue weighted by atomic mass is 79.9. The first-order chi connectivity index (χ1) is 13.1. The van der Waals surface area contributed by atoms with E-state index in [2.05, 4.69) is 26.6 Å². The van der Waals surface area contributed by atoms with Crippen LogP contribution in [-0.2, 0) is 15.3 Å². The molecular formula is C20H23BrN2O3S. The number of halogens is 1. The summed E-state index contributed by atoms with van der Waals surface area (Å²) in [6, 6.07) is 15.0. The van der Waals surface area contributed by atoms with Crippen LogP contribution in [0.4, 0.5) is 5.69 Å². The van der Waals surface area contributed by atoms with Crippen LogP contribution in [0.15, 0.2) is 53.0 Å². The smallest absolute Gasteiger partial charge is 0.253 e. The predicted octanol–water partition coefficient (Wildman–Crippen LogP) is 4.09. The lowest BCUT2D eigenvalue weighted by atomic mass is 10.1. The number of carbonyl (C=O) groups is 2. The fraction of sp³-hybridized carbons (Fsp3) is 0.300. The Morgan fingerprint density at radius 2 is 1.85 bits per heavy atom. The third-order valence-electron chi connectivity index (χ3n) is 3.67. The molecule has 5 nitrogen and oxygen atoms in total. The summed E-state index contributed by atoms with van der Waals surface area (Å²) in [4.78, 5) is 24.6. The van der Waals surface area contributed by atoms with Gasteiger partial charge in [0.1, 0.15) is 0 Å². The van der Waals surface area contributed by atoms with Crippen molar-refractivity contribution in [3.05, 3.63) is 64.1 Å². The number of para-hydroxylation sites is 1. The van der Waals surface area contributed by atoms with Gasteiger partial charge in [-0.1, -0.05) is 40.2 Å². The minimum atomic E-state index is -0.204. The molecule has 0 bridgehead atoms. The van der Waals surface area contributed by atoms with Gasteiger partial charge in [-0.05, 0) is 36.2 Å². The number of amides is 2. The van der Waals surface area contributed by atoms with Gasteiger partial charge in [-0.15, -0.1) is 11.8 Å². The number of anilines is 1. The minimum Gasteiger partial charge on any atom is -0.385 e. The molecule has 0 spiro atoms. The van der Waals surface area contributed by atoms with Gasteiger partial charge in [0.25, 0.3) is 5.91 Å². The van der Waals surface area contributed by atoms with Crippen LogP contribution in [0, 0.1) is 0 Å². The van der Waals surface area contributed by atoms with E-state index in [1.165, 1.54) is 11.8 Å². The van der Waals surface area contributed by atoms with Crippen LogP contribution in [-0.4, -0.2) is 37.8 Å². The normalized spacial score (nSPS) is 10.4. The Labute approximate surface area is 172 Å². The van der Waals surface area contributed by atoms with Crippen molar-refractivity contribution in [1.29, 1.82) is 0 Å². The zero-order valence-electron chi connectivity index (χ0n) is 15.2. The fourth-order valence-electron chi connectivity index (χ4n) is 2.33. The van der Waals surface area contributed by atoms with E-state index < -0.39 is 0 Å². The molecule has 144 valence electrons. The maximum absolute atomic E-state index is 12.3. The molecule has 0 aliphatic heterocycles. The number of nitrogens with one attached hydrogen (secondary N) is 2. The van der Waals surface area contributed by atoms with Gasteiger partial charge in [0.15, 0.2) is 0 Å². The Hall–Kier alpha value is -1.83. The molecule has 2 N–H and O–H groups in total. The summed E-state index contributed by atoms with van der Waals surface area (Å²) < 4.78 is 6.00. The summed E-state index contributed by atoms with van der Waals surface area (Å²) in [5, 5.41) is 5.67. The standard InChI is InChI=1S/C20H23BrN2O3S/c1-26-12-4-11-22-20(25)17-5-2-3-6-18(17)23-19(24)14-27-13-15-7-9-16(21)10-8-15/h2-3,5-10H,4,11-14H2,1H3,(H,22,25)(H,23,24). The average molecular weight is 451 g/mol. The SMILES string of the molecule is COCCCNC(=O)c1ccccc1NC(=O)CSCc1ccc(Br)cc1. The van der Waals surface area contributed by atoms with Crippen LogP contribution in [0.3, 0.4) is 0 Å². The maximum atomic E-state index is 12.3. The minimum absolute atomic E-state index is 0.128. The molecule has 2 aromatic carbocycles. The molecule has 0 heterocycles. The van der Waals surface area contributed by atoms with Crippen molar-refractivity contribution in [1.82, 2.24) is 5.32 Å². The second kappa shape index (κ2) is 11.8. The third-order valence-corrected chi connectivity index (χ3v) is 5.20. The highest BCUT2D eigenvalue weighted by molar-refractivity contribution is 9.10. The molecule has 2 rings (SSSR count). The van der Waals surface area contributed by atoms with E-state index >= 15 is 0 Å². The van der Waals surface area contributed by atoms with Crippen LogP contribution in [0.5, 0.6) is 0 Å². The number of rotatable bonds is 10. The van der Waals surface area contributed by atoms with Crippen molar-refractivity contribution >= 4 is 45.2 Å². The number of hydrogen-bond donors (Lipinski definition) is 2. The highest BCUT2D eigenvalue weighted by Gasteiger charge is 2.12. The molecule has 0 aromatic heterocycles. The van der Waals surface area contributed by atoms with E-state index in [-0.39, 0.29) is 11.8 Å². The first-order valence-corrected chi connectivity index (χ1v) is 10.5. The molecule has 2 aromatic rings. The van der Waals surface area contributed by atoms with Gasteiger partial charge in [0.05, 0.1) is 17.0 Å². The molecule has 27 heavy (non-hydrogen) atoms. The third kappa shape index (κ3) is 7.74. The summed E-state index contributed by atoms with van der Waals surface area (Å²) in [6.07, 6.45) is 0.740. The van der Waals surface area contributed by atoms with Gasteiger partial charge < -0.3 is 15.4 Å². The number of benzene rings is 2. The molecule has 0 atom stereocenters. The van der Waals surface area contributed by atoms with Gasteiger partial charge in [-0.25, -0.2) is 0 Å². The van der Waals surface area contributed by atoms with Crippen LogP contribution in [0.25, 0.3) is 0 Å². The van der Waals surface area contributed by atoms with Gasteiger partial charge in [-0.2, -0.15) is 0 Å². The lowest BCUT2D eigenvalue weighted by molar-refractivity contribution is -0.113. The molecule has 0 aliphatic carbocycles. The van der Waals surface area contributed by atoms with E-state index in [0.29, 0.717) is 30.2 Å². The molecule has 0 aliphatic rings. The van der Waals surface area contributed by atoms with Crippen molar-refractivity contribution in [2.45, 2.75) is 12.2 Å². The second-order valence-corrected chi connectivity index (χ2v) is 7.72. The topological polar surface area (TPSA) is 67.4 Å². The number of thioether (sulfide) groups is 1. The molecule has 2 amide bonds. The molecular weight excluding hydrogens is 428 g/mol. The van der Waals surface area contributed by atoms with E-state index in [9.17, 15) is 9.59 Å². The van der Waals surface area contributed by atoms with E-state index in [1.807, 2.05) is 24.3 Å². The lowest BCUT2D eigenvalue weighted by Gasteiger charge is -2.11. The summed E-state index contributed by atoms with van der Waals surface area (Å²) >= 11 is 4.94. The van der Waals surface area contributed by atoms with Gasteiger partial charge >= 0.3 is 0 Å². The molecule has 0 saturated carbocycles. The molecule has 0 radical (unpaired) electrons. The number of ether oxygens (including phenoxy) is 1. The molecule has 0 unspecified atom stereocenters. The first kappa shape index (κ1) is 21.5. The number of methoxy groups -OCH3 is 1. The summed E-state index contributed by atoms with van der Waals surface area (Å²) in [6.45, 7) is 1.12. The number of carbonyl (C=O) groups excluding carboxylic acids is 2. The Kier molecular flexibility index (Phi) is 9.38. The van der Waals surface area contributed by atoms with Crippen molar-refractivity contribution in [3.8, 4) is 0 Å². The number of hydrogen-bond acceptors (Lipinski definition) is 4. The Balaban J connectivity index is 1.84. The van der Waals surface area contributed by atoms with Crippen LogP contribution < -0.4 is 10.6 Å². The molecule has 7 heteroatoms. The van der Waals surface area contributed by atoms with E-state index in [1.54, 1.807) is 31.4 Å². The maximum Gasteiger partial charge on any atom is 0.253 e. The van der Waals surface area contributed by atoms with E-state index in [4.69, 9.17) is 4.74 Å². The largest absolute Gasteiger partial charge is 0.385 e. The summed E-state index contributed by atoms with van der Waals surface area (Å²) in [5.74, 6) is 0.739. The molecule has 0 saturated heterocycles. The zero-order chi connectivity index (χ0) is 19.5. The first-order valence-electron chi connectivity index (χ1n) is 8.58. The highest BCUT2D eigenvalue weighted by Crippen LogP contribution is 2.18. The van der Waals surface area contributed by atoms with Crippen molar-refractivity contribution in [3.63, 3.8) is 0 Å². The van der Waals surface area contributed by atoms with E-state index in [0.717, 1.165) is 22.2 Å². The summed E-state index contributed by atoms with van der Waals surface area (Å²) in [5.41, 5.74) is 2.14. The van der Waals surface area contributed by atoms with Crippen LogP contribution in [0.1, 0.15) is 22.3 Å².